The molecule has 1 rings (SSSR count). The fourth-order valence-electron chi connectivity index (χ4n) is 1.89. The van der Waals surface area contributed by atoms with E-state index in [1.807, 2.05) is 13.8 Å². The number of hydrogen-bond donors (Lipinski definition) is 3. The van der Waals surface area contributed by atoms with Crippen molar-refractivity contribution in [2.24, 2.45) is 5.73 Å². The number of nitrogens with zero attached hydrogens (tertiary/aromatic N) is 1. The first-order valence-electron chi connectivity index (χ1n) is 6.72. The fourth-order valence-corrected chi connectivity index (χ4v) is 2.99. The van der Waals surface area contributed by atoms with Gasteiger partial charge in [0.2, 0.25) is 0 Å². The standard InChI is InChI=1S/C14H22N4O3S/c1-9(2)11-6-5-10(7-12(11)22(4,20)21)8-17-14(19)18(3)13(15)16/h5-7,9H,8H2,1-4H3,(H3,15,16)(H,17,19). The highest BCUT2D eigenvalue weighted by atomic mass is 32.2. The Bertz CT molecular complexity index is 683. The summed E-state index contributed by atoms with van der Waals surface area (Å²) >= 11 is 0. The van der Waals surface area contributed by atoms with Crippen molar-refractivity contribution >= 4 is 21.8 Å². The van der Waals surface area contributed by atoms with E-state index >= 15 is 0 Å². The molecule has 0 spiro atoms. The zero-order valence-electron chi connectivity index (χ0n) is 13.2. The summed E-state index contributed by atoms with van der Waals surface area (Å²) in [5.41, 5.74) is 6.62. The zero-order valence-corrected chi connectivity index (χ0v) is 14.0. The summed E-state index contributed by atoms with van der Waals surface area (Å²) < 4.78 is 23.8. The predicted molar refractivity (Wildman–Crippen MR) is 85.6 cm³/mol. The maximum Gasteiger partial charge on any atom is 0.324 e. The number of rotatable bonds is 4. The van der Waals surface area contributed by atoms with Gasteiger partial charge in [-0.05, 0) is 23.1 Å². The minimum Gasteiger partial charge on any atom is -0.370 e. The number of hydrogen-bond acceptors (Lipinski definition) is 4. The summed E-state index contributed by atoms with van der Waals surface area (Å²) in [4.78, 5) is 12.9. The van der Waals surface area contributed by atoms with Crippen LogP contribution in [0.4, 0.5) is 4.79 Å². The van der Waals surface area contributed by atoms with Crippen LogP contribution in [-0.4, -0.2) is 38.6 Å². The number of nitrogens with two attached hydrogens (primary N) is 1. The van der Waals surface area contributed by atoms with Gasteiger partial charge in [-0.1, -0.05) is 26.0 Å². The third kappa shape index (κ3) is 4.45. The van der Waals surface area contributed by atoms with Crippen molar-refractivity contribution in [1.82, 2.24) is 10.2 Å². The van der Waals surface area contributed by atoms with Gasteiger partial charge in [-0.2, -0.15) is 0 Å². The first-order chi connectivity index (χ1) is 10.0. The molecule has 0 aliphatic rings. The van der Waals surface area contributed by atoms with Crippen molar-refractivity contribution in [3.05, 3.63) is 29.3 Å². The van der Waals surface area contributed by atoms with Crippen LogP contribution in [0.25, 0.3) is 0 Å². The predicted octanol–water partition coefficient (Wildman–Crippen LogP) is 1.25. The number of carbonyl (C=O) groups is 1. The smallest absolute Gasteiger partial charge is 0.324 e. The summed E-state index contributed by atoms with van der Waals surface area (Å²) in [6, 6.07) is 4.58. The van der Waals surface area contributed by atoms with Crippen LogP contribution in [0.1, 0.15) is 30.9 Å². The van der Waals surface area contributed by atoms with E-state index in [0.717, 1.165) is 10.5 Å². The number of amides is 2. The van der Waals surface area contributed by atoms with Crippen molar-refractivity contribution in [3.63, 3.8) is 0 Å². The molecule has 8 heteroatoms. The van der Waals surface area contributed by atoms with Gasteiger partial charge in [-0.25, -0.2) is 13.2 Å². The second-order valence-electron chi connectivity index (χ2n) is 5.40. The molecule has 7 nitrogen and oxygen atoms in total. The van der Waals surface area contributed by atoms with Crippen molar-refractivity contribution in [2.45, 2.75) is 31.2 Å². The second-order valence-corrected chi connectivity index (χ2v) is 7.39. The van der Waals surface area contributed by atoms with E-state index in [0.29, 0.717) is 5.56 Å². The van der Waals surface area contributed by atoms with E-state index in [1.54, 1.807) is 18.2 Å². The van der Waals surface area contributed by atoms with Crippen molar-refractivity contribution < 1.29 is 13.2 Å². The van der Waals surface area contributed by atoms with E-state index in [9.17, 15) is 13.2 Å². The lowest BCUT2D eigenvalue weighted by Gasteiger charge is -2.17. The first-order valence-corrected chi connectivity index (χ1v) is 8.61. The van der Waals surface area contributed by atoms with Gasteiger partial charge in [0, 0.05) is 19.8 Å². The van der Waals surface area contributed by atoms with Gasteiger partial charge in [-0.3, -0.25) is 10.3 Å². The molecule has 2 amide bonds. The Morgan fingerprint density at radius 2 is 2.00 bits per heavy atom. The lowest BCUT2D eigenvalue weighted by Crippen LogP contribution is -2.43. The van der Waals surface area contributed by atoms with E-state index in [4.69, 9.17) is 11.1 Å². The van der Waals surface area contributed by atoms with Crippen molar-refractivity contribution in [1.29, 1.82) is 5.41 Å². The number of nitrogens with one attached hydrogen (secondary N) is 2. The molecule has 0 radical (unpaired) electrons. The number of benzene rings is 1. The summed E-state index contributed by atoms with van der Waals surface area (Å²) in [5, 5.41) is 9.75. The first kappa shape index (κ1) is 18.0. The molecule has 122 valence electrons. The summed E-state index contributed by atoms with van der Waals surface area (Å²) in [6.45, 7) is 4.00. The highest BCUT2D eigenvalue weighted by Crippen LogP contribution is 2.25. The number of sulfone groups is 1. The monoisotopic (exact) mass is 326 g/mol. The van der Waals surface area contributed by atoms with Crippen LogP contribution in [-0.2, 0) is 16.4 Å². The molecule has 0 aliphatic carbocycles. The van der Waals surface area contributed by atoms with Crippen LogP contribution in [0.3, 0.4) is 0 Å². The number of carbonyl (C=O) groups excluding carboxylic acids is 1. The molecule has 0 unspecified atom stereocenters. The lowest BCUT2D eigenvalue weighted by atomic mass is 10.0. The van der Waals surface area contributed by atoms with Crippen molar-refractivity contribution in [3.8, 4) is 0 Å². The average Bonchev–Trinajstić information content (AvgIpc) is 2.42. The molecule has 0 heterocycles. The van der Waals surface area contributed by atoms with Crippen LogP contribution < -0.4 is 11.1 Å². The molecule has 0 atom stereocenters. The molecule has 0 saturated heterocycles. The van der Waals surface area contributed by atoms with Crippen molar-refractivity contribution in [2.75, 3.05) is 13.3 Å². The lowest BCUT2D eigenvalue weighted by molar-refractivity contribution is 0.225. The average molecular weight is 326 g/mol. The number of guanidine groups is 1. The van der Waals surface area contributed by atoms with Gasteiger partial charge < -0.3 is 11.1 Å². The normalized spacial score (nSPS) is 11.3. The maximum atomic E-state index is 11.9. The Kier molecular flexibility index (Phi) is 5.54. The van der Waals surface area contributed by atoms with Gasteiger partial charge >= 0.3 is 6.03 Å². The molecule has 0 saturated carbocycles. The Labute approximate surface area is 130 Å². The van der Waals surface area contributed by atoms with Crippen LogP contribution in [0.2, 0.25) is 0 Å². The molecule has 0 fully saturated rings. The Morgan fingerprint density at radius 1 is 1.41 bits per heavy atom. The van der Waals surface area contributed by atoms with E-state index in [2.05, 4.69) is 5.32 Å². The largest absolute Gasteiger partial charge is 0.370 e. The topological polar surface area (TPSA) is 116 Å². The highest BCUT2D eigenvalue weighted by molar-refractivity contribution is 7.90. The quantitative estimate of drug-likeness (QED) is 0.570. The van der Waals surface area contributed by atoms with E-state index < -0.39 is 15.9 Å². The molecule has 0 bridgehead atoms. The van der Waals surface area contributed by atoms with Crippen LogP contribution in [0, 0.1) is 5.41 Å². The molecular weight excluding hydrogens is 304 g/mol. The van der Waals surface area contributed by atoms with Gasteiger partial charge in [-0.15, -0.1) is 0 Å². The van der Waals surface area contributed by atoms with Gasteiger partial charge in [0.05, 0.1) is 4.90 Å². The highest BCUT2D eigenvalue weighted by Gasteiger charge is 2.17. The van der Waals surface area contributed by atoms with Gasteiger partial charge in [0.15, 0.2) is 15.8 Å². The second kappa shape index (κ2) is 6.78. The Hall–Kier alpha value is -2.09. The molecular formula is C14H22N4O3S. The summed E-state index contributed by atoms with van der Waals surface area (Å²) in [6.07, 6.45) is 1.17. The number of urea groups is 1. The molecule has 1 aromatic carbocycles. The molecule has 0 aromatic heterocycles. The maximum absolute atomic E-state index is 11.9. The van der Waals surface area contributed by atoms with Crippen LogP contribution in [0.5, 0.6) is 0 Å². The van der Waals surface area contributed by atoms with Gasteiger partial charge in [0.25, 0.3) is 0 Å². The SMILES string of the molecule is CC(C)c1ccc(CNC(=O)N(C)C(=N)N)cc1S(C)(=O)=O. The molecule has 4 N–H and O–H groups in total. The van der Waals surface area contributed by atoms with Crippen LogP contribution >= 0.6 is 0 Å². The Balaban J connectivity index is 2.99. The zero-order chi connectivity index (χ0) is 17.1. The molecule has 0 aliphatic heterocycles. The Morgan fingerprint density at radius 3 is 2.45 bits per heavy atom. The summed E-state index contributed by atoms with van der Waals surface area (Å²) in [7, 11) is -1.97. The minimum atomic E-state index is -3.35. The van der Waals surface area contributed by atoms with Crippen LogP contribution in [0.15, 0.2) is 23.1 Å². The summed E-state index contributed by atoms with van der Waals surface area (Å²) in [5.74, 6) is -0.290. The third-order valence-electron chi connectivity index (χ3n) is 3.21. The third-order valence-corrected chi connectivity index (χ3v) is 4.36. The van der Waals surface area contributed by atoms with E-state index in [-0.39, 0.29) is 23.3 Å². The van der Waals surface area contributed by atoms with Gasteiger partial charge in [0.1, 0.15) is 0 Å². The molecule has 1 aromatic rings. The minimum absolute atomic E-state index is 0.0808. The van der Waals surface area contributed by atoms with E-state index in [1.165, 1.54) is 13.3 Å². The fraction of sp³-hybridized carbons (Fsp3) is 0.429. The molecule has 22 heavy (non-hydrogen) atoms.